The first-order chi connectivity index (χ1) is 9.90. The molecule has 1 unspecified atom stereocenters. The molecule has 0 spiro atoms. The minimum Gasteiger partial charge on any atom is -0.481 e. The first-order valence-electron chi connectivity index (χ1n) is 6.72. The van der Waals surface area contributed by atoms with E-state index < -0.39 is 11.9 Å². The zero-order valence-corrected chi connectivity index (χ0v) is 12.3. The van der Waals surface area contributed by atoms with E-state index in [1.807, 2.05) is 6.92 Å². The fraction of sp³-hybridized carbons (Fsp3) is 0.400. The minimum absolute atomic E-state index is 0.291. The fourth-order valence-electron chi connectivity index (χ4n) is 2.27. The molecule has 1 N–H and O–H groups in total. The number of carboxylic acid groups (broad SMARTS) is 1. The van der Waals surface area contributed by atoms with Crippen molar-refractivity contribution in [3.05, 3.63) is 51.6 Å². The van der Waals surface area contributed by atoms with Crippen LogP contribution >= 0.6 is 0 Å². The number of aromatic nitrogens is 2. The van der Waals surface area contributed by atoms with Gasteiger partial charge in [-0.15, -0.1) is 0 Å². The van der Waals surface area contributed by atoms with E-state index in [9.17, 15) is 9.59 Å². The zero-order chi connectivity index (χ0) is 15.6. The van der Waals surface area contributed by atoms with Gasteiger partial charge >= 0.3 is 11.7 Å². The lowest BCUT2D eigenvalue weighted by atomic mass is 9.99. The van der Waals surface area contributed by atoms with Gasteiger partial charge in [0.05, 0.1) is 18.7 Å². The lowest BCUT2D eigenvalue weighted by Crippen LogP contribution is -2.29. The third kappa shape index (κ3) is 3.21. The molecule has 21 heavy (non-hydrogen) atoms. The van der Waals surface area contributed by atoms with E-state index >= 15 is 0 Å². The number of aliphatic carboxylic acids is 1. The van der Waals surface area contributed by atoms with Crippen LogP contribution in [0, 0.1) is 19.8 Å². The Labute approximate surface area is 122 Å². The second-order valence-corrected chi connectivity index (χ2v) is 5.15. The van der Waals surface area contributed by atoms with Crippen LogP contribution in [0.25, 0.3) is 0 Å². The van der Waals surface area contributed by atoms with E-state index in [-0.39, 0.29) is 5.69 Å². The molecule has 2 heterocycles. The SMILES string of the molecule is Cc1nc(=O)n(Cc2ccco2)c(C)c1CC(C)C(=O)O. The summed E-state index contributed by atoms with van der Waals surface area (Å²) in [5.74, 6) is -0.737. The number of carbonyl (C=O) groups is 1. The maximum absolute atomic E-state index is 12.1. The smallest absolute Gasteiger partial charge is 0.348 e. The Hall–Kier alpha value is -2.37. The Morgan fingerprint density at radius 1 is 1.48 bits per heavy atom. The van der Waals surface area contributed by atoms with Gasteiger partial charge in [0.2, 0.25) is 0 Å². The highest BCUT2D eigenvalue weighted by atomic mass is 16.4. The van der Waals surface area contributed by atoms with Gasteiger partial charge in [-0.25, -0.2) is 4.79 Å². The monoisotopic (exact) mass is 290 g/mol. The molecule has 6 heteroatoms. The van der Waals surface area contributed by atoms with Crippen molar-refractivity contribution in [1.29, 1.82) is 0 Å². The minimum atomic E-state index is -0.863. The third-order valence-electron chi connectivity index (χ3n) is 3.60. The summed E-state index contributed by atoms with van der Waals surface area (Å²) in [6.07, 6.45) is 1.89. The lowest BCUT2D eigenvalue weighted by Gasteiger charge is -2.16. The van der Waals surface area contributed by atoms with Gasteiger partial charge in [0.25, 0.3) is 0 Å². The molecule has 0 aromatic carbocycles. The van der Waals surface area contributed by atoms with Gasteiger partial charge in [0.1, 0.15) is 5.76 Å². The second-order valence-electron chi connectivity index (χ2n) is 5.15. The predicted molar refractivity (Wildman–Crippen MR) is 76.3 cm³/mol. The molecule has 2 aromatic heterocycles. The van der Waals surface area contributed by atoms with E-state index in [1.165, 1.54) is 4.57 Å². The molecule has 0 aliphatic rings. The van der Waals surface area contributed by atoms with Crippen LogP contribution in [0.15, 0.2) is 27.6 Å². The second kappa shape index (κ2) is 5.95. The number of nitrogens with zero attached hydrogens (tertiary/aromatic N) is 2. The normalized spacial score (nSPS) is 12.3. The molecule has 0 aliphatic carbocycles. The van der Waals surface area contributed by atoms with Crippen molar-refractivity contribution >= 4 is 5.97 Å². The van der Waals surface area contributed by atoms with Crippen LogP contribution in [0.1, 0.15) is 29.6 Å². The zero-order valence-electron chi connectivity index (χ0n) is 12.3. The highest BCUT2D eigenvalue weighted by Crippen LogP contribution is 2.16. The van der Waals surface area contributed by atoms with E-state index in [0.717, 1.165) is 11.3 Å². The van der Waals surface area contributed by atoms with Crippen LogP contribution in [-0.4, -0.2) is 20.6 Å². The fourth-order valence-corrected chi connectivity index (χ4v) is 2.27. The number of aryl methyl sites for hydroxylation is 1. The van der Waals surface area contributed by atoms with E-state index in [0.29, 0.717) is 24.4 Å². The standard InChI is InChI=1S/C15H18N2O4/c1-9(14(18)19)7-13-10(2)16-15(20)17(11(13)3)8-12-5-4-6-21-12/h4-6,9H,7-8H2,1-3H3,(H,18,19). The number of rotatable bonds is 5. The Kier molecular flexibility index (Phi) is 4.26. The summed E-state index contributed by atoms with van der Waals surface area (Å²) in [4.78, 5) is 27.1. The van der Waals surface area contributed by atoms with Gasteiger partial charge in [-0.05, 0) is 38.0 Å². The van der Waals surface area contributed by atoms with Gasteiger partial charge in [-0.3, -0.25) is 9.36 Å². The largest absolute Gasteiger partial charge is 0.481 e. The number of hydrogen-bond acceptors (Lipinski definition) is 4. The molecule has 6 nitrogen and oxygen atoms in total. The average molecular weight is 290 g/mol. The molecule has 1 atom stereocenters. The van der Waals surface area contributed by atoms with Crippen LogP contribution in [0.3, 0.4) is 0 Å². The summed E-state index contributed by atoms with van der Waals surface area (Å²) in [5.41, 5.74) is 1.77. The Morgan fingerprint density at radius 2 is 2.19 bits per heavy atom. The molecule has 0 fully saturated rings. The summed E-state index contributed by atoms with van der Waals surface area (Å²) >= 11 is 0. The maximum Gasteiger partial charge on any atom is 0.348 e. The summed E-state index contributed by atoms with van der Waals surface area (Å²) in [7, 11) is 0. The molecule has 2 aromatic rings. The van der Waals surface area contributed by atoms with Gasteiger partial charge < -0.3 is 9.52 Å². The van der Waals surface area contributed by atoms with Crippen molar-refractivity contribution in [3.8, 4) is 0 Å². The first kappa shape index (κ1) is 15.0. The molecule has 0 radical (unpaired) electrons. The van der Waals surface area contributed by atoms with Gasteiger partial charge in [0.15, 0.2) is 0 Å². The average Bonchev–Trinajstić information content (AvgIpc) is 2.92. The Morgan fingerprint density at radius 3 is 2.76 bits per heavy atom. The molecule has 112 valence electrons. The highest BCUT2D eigenvalue weighted by molar-refractivity contribution is 5.70. The molecule has 0 aliphatic heterocycles. The van der Waals surface area contributed by atoms with Crippen molar-refractivity contribution in [2.75, 3.05) is 0 Å². The summed E-state index contributed by atoms with van der Waals surface area (Å²) in [6, 6.07) is 3.54. The molecule has 0 amide bonds. The molecule has 0 saturated heterocycles. The molecule has 0 saturated carbocycles. The van der Waals surface area contributed by atoms with Crippen LogP contribution in [0.4, 0.5) is 0 Å². The molecule has 2 rings (SSSR count). The highest BCUT2D eigenvalue weighted by Gasteiger charge is 2.18. The van der Waals surface area contributed by atoms with E-state index in [1.54, 1.807) is 32.2 Å². The number of furan rings is 1. The van der Waals surface area contributed by atoms with Crippen LogP contribution in [0.2, 0.25) is 0 Å². The van der Waals surface area contributed by atoms with Crippen molar-refractivity contribution in [1.82, 2.24) is 9.55 Å². The number of carboxylic acids is 1. The summed E-state index contributed by atoms with van der Waals surface area (Å²) in [6.45, 7) is 5.47. The van der Waals surface area contributed by atoms with Crippen molar-refractivity contribution < 1.29 is 14.3 Å². The van der Waals surface area contributed by atoms with Gasteiger partial charge in [-0.1, -0.05) is 6.92 Å². The van der Waals surface area contributed by atoms with Crippen LogP contribution in [0.5, 0.6) is 0 Å². The topological polar surface area (TPSA) is 85.3 Å². The Balaban J connectivity index is 2.42. The predicted octanol–water partition coefficient (Wildman–Crippen LogP) is 1.76. The van der Waals surface area contributed by atoms with Crippen LogP contribution < -0.4 is 5.69 Å². The first-order valence-corrected chi connectivity index (χ1v) is 6.72. The van der Waals surface area contributed by atoms with Crippen molar-refractivity contribution in [2.45, 2.75) is 33.7 Å². The maximum atomic E-state index is 12.1. The molecule has 0 bridgehead atoms. The lowest BCUT2D eigenvalue weighted by molar-refractivity contribution is -0.141. The summed E-state index contributed by atoms with van der Waals surface area (Å²) in [5, 5.41) is 9.05. The molecular formula is C15H18N2O4. The van der Waals surface area contributed by atoms with Gasteiger partial charge in [0, 0.05) is 11.4 Å². The summed E-state index contributed by atoms with van der Waals surface area (Å²) < 4.78 is 6.76. The van der Waals surface area contributed by atoms with Crippen molar-refractivity contribution in [3.63, 3.8) is 0 Å². The third-order valence-corrected chi connectivity index (χ3v) is 3.60. The van der Waals surface area contributed by atoms with Gasteiger partial charge in [-0.2, -0.15) is 4.98 Å². The van der Waals surface area contributed by atoms with E-state index in [4.69, 9.17) is 9.52 Å². The molecular weight excluding hydrogens is 272 g/mol. The van der Waals surface area contributed by atoms with Crippen molar-refractivity contribution in [2.24, 2.45) is 5.92 Å². The van der Waals surface area contributed by atoms with Crippen LogP contribution in [-0.2, 0) is 17.8 Å². The van der Waals surface area contributed by atoms with E-state index in [2.05, 4.69) is 4.98 Å². The number of hydrogen-bond donors (Lipinski definition) is 1. The Bertz CT molecular complexity index is 701. The quantitative estimate of drug-likeness (QED) is 0.907.